The Morgan fingerprint density at radius 3 is 2.48 bits per heavy atom. The molecule has 3 amide bonds. The molecule has 0 radical (unpaired) electrons. The summed E-state index contributed by atoms with van der Waals surface area (Å²) in [6.45, 7) is 1.79. The molecule has 2 fully saturated rings. The second-order valence-electron chi connectivity index (χ2n) is 10.0. The van der Waals surface area contributed by atoms with Gasteiger partial charge in [0.25, 0.3) is 5.91 Å². The minimum absolute atomic E-state index is 0.00798. The highest BCUT2D eigenvalue weighted by molar-refractivity contribution is 6.03. The molecule has 0 aromatic carbocycles. The number of carbonyl (C=O) groups excluding carboxylic acids is 3. The summed E-state index contributed by atoms with van der Waals surface area (Å²) >= 11 is 0. The first kappa shape index (κ1) is 27.1. The molecule has 3 aromatic rings. The Kier molecular flexibility index (Phi) is 8.22. The topological polar surface area (TPSA) is 164 Å². The number of amides is 3. The highest BCUT2D eigenvalue weighted by Gasteiger charge is 2.26. The van der Waals surface area contributed by atoms with E-state index in [2.05, 4.69) is 41.7 Å². The van der Waals surface area contributed by atoms with Crippen molar-refractivity contribution in [2.45, 2.75) is 63.6 Å². The summed E-state index contributed by atoms with van der Waals surface area (Å²) in [5.74, 6) is -0.784. The fourth-order valence-corrected chi connectivity index (χ4v) is 4.58. The van der Waals surface area contributed by atoms with Crippen molar-refractivity contribution >= 4 is 40.7 Å². The number of nitrogens with one attached hydrogen (secondary N) is 5. The highest BCUT2D eigenvalue weighted by Crippen LogP contribution is 2.30. The number of hydrogen-bond acceptors (Lipinski definition) is 9. The first-order valence-electron chi connectivity index (χ1n) is 13.4. The summed E-state index contributed by atoms with van der Waals surface area (Å²) in [4.78, 5) is 44.1. The average molecular weight is 554 g/mol. The van der Waals surface area contributed by atoms with E-state index in [4.69, 9.17) is 4.74 Å². The fraction of sp³-hybridized carbons (Fsp3) is 0.462. The highest BCUT2D eigenvalue weighted by atomic mass is 19.1. The Hall–Kier alpha value is -4.49. The third kappa shape index (κ3) is 6.93. The molecule has 212 valence electrons. The molecule has 5 N–H and O–H groups in total. The number of fused-ring (bicyclic) bond motifs is 1. The number of ether oxygens (including phenoxy) is 1. The summed E-state index contributed by atoms with van der Waals surface area (Å²) in [6.07, 6.45) is 8.55. The molecule has 0 unspecified atom stereocenters. The lowest BCUT2D eigenvalue weighted by atomic mass is 9.91. The van der Waals surface area contributed by atoms with Crippen molar-refractivity contribution in [1.82, 2.24) is 30.2 Å². The molecule has 0 spiro atoms. The molecule has 5 rings (SSSR count). The Labute approximate surface area is 229 Å². The van der Waals surface area contributed by atoms with E-state index in [0.717, 1.165) is 50.4 Å². The predicted octanol–water partition coefficient (Wildman–Crippen LogP) is 2.68. The maximum Gasteiger partial charge on any atom is 0.407 e. The number of hydrogen-bond donors (Lipinski definition) is 5. The summed E-state index contributed by atoms with van der Waals surface area (Å²) < 4.78 is 20.6. The molecule has 3 heterocycles. The molecule has 2 saturated carbocycles. The number of imidazole rings is 1. The monoisotopic (exact) mass is 553 g/mol. The van der Waals surface area contributed by atoms with E-state index >= 15 is 0 Å². The zero-order valence-electron chi connectivity index (χ0n) is 22.1. The van der Waals surface area contributed by atoms with Crippen molar-refractivity contribution in [3.8, 4) is 0 Å². The van der Waals surface area contributed by atoms with Crippen LogP contribution < -0.4 is 26.6 Å². The second kappa shape index (κ2) is 12.1. The molecule has 0 saturated heterocycles. The number of rotatable bonds is 10. The molecule has 2 aliphatic carbocycles. The lowest BCUT2D eigenvalue weighted by Gasteiger charge is -2.29. The minimum atomic E-state index is -0.639. The van der Waals surface area contributed by atoms with Crippen molar-refractivity contribution in [2.24, 2.45) is 0 Å². The Morgan fingerprint density at radius 2 is 1.75 bits per heavy atom. The zero-order chi connectivity index (χ0) is 28.1. The molecule has 40 heavy (non-hydrogen) atoms. The van der Waals surface area contributed by atoms with Gasteiger partial charge in [0.2, 0.25) is 5.91 Å². The van der Waals surface area contributed by atoms with Crippen LogP contribution in [0.25, 0.3) is 5.65 Å². The van der Waals surface area contributed by atoms with Gasteiger partial charge in [-0.3, -0.25) is 14.6 Å². The van der Waals surface area contributed by atoms with Crippen LogP contribution in [0.3, 0.4) is 0 Å². The first-order valence-corrected chi connectivity index (χ1v) is 13.4. The maximum absolute atomic E-state index is 14.1. The number of aromatic nitrogens is 4. The average Bonchev–Trinajstić information content (AvgIpc) is 3.64. The molecule has 0 atom stereocenters. The van der Waals surface area contributed by atoms with E-state index in [-0.39, 0.29) is 42.5 Å². The number of carbonyl (C=O) groups is 3. The van der Waals surface area contributed by atoms with Gasteiger partial charge in [0.15, 0.2) is 17.2 Å². The van der Waals surface area contributed by atoms with Crippen molar-refractivity contribution in [3.63, 3.8) is 0 Å². The lowest BCUT2D eigenvalue weighted by Crippen LogP contribution is -2.41. The zero-order valence-corrected chi connectivity index (χ0v) is 22.1. The number of alkyl carbamates (subject to hydrolysis) is 1. The van der Waals surface area contributed by atoms with Crippen molar-refractivity contribution < 1.29 is 23.5 Å². The molecule has 3 aromatic heterocycles. The molecule has 0 aliphatic heterocycles. The number of halogens is 1. The summed E-state index contributed by atoms with van der Waals surface area (Å²) in [7, 11) is 0. The number of nitrogens with zero attached hydrogens (tertiary/aromatic N) is 4. The van der Waals surface area contributed by atoms with Gasteiger partial charge in [0, 0.05) is 37.3 Å². The minimum Gasteiger partial charge on any atom is -0.448 e. The van der Waals surface area contributed by atoms with Crippen LogP contribution in [0.4, 0.5) is 26.4 Å². The quantitative estimate of drug-likeness (QED) is 0.238. The van der Waals surface area contributed by atoms with Gasteiger partial charge in [-0.05, 0) is 44.6 Å². The van der Waals surface area contributed by atoms with Gasteiger partial charge in [-0.25, -0.2) is 18.7 Å². The molecule has 0 bridgehead atoms. The van der Waals surface area contributed by atoms with Gasteiger partial charge >= 0.3 is 6.09 Å². The third-order valence-electron chi connectivity index (χ3n) is 6.77. The standard InChI is InChI=1S/C26H32FN9O4/c1-15(37)29-10-11-40-26(39)33-18-6-4-17(5-7-18)32-23-12-21(31-16-2-3-16)24-30-14-22(36(24)35-23)25(38)34-20-8-9-28-13-19(20)27/h8-9,12-14,16-18,31H,2-7,10-11H2,1H3,(H,29,37)(H,32,35)(H,33,39)(H,28,34,38). The van der Waals surface area contributed by atoms with Gasteiger partial charge in [-0.2, -0.15) is 0 Å². The summed E-state index contributed by atoms with van der Waals surface area (Å²) in [6, 6.07) is 3.72. The normalized spacial score (nSPS) is 18.6. The van der Waals surface area contributed by atoms with Crippen LogP contribution in [0.2, 0.25) is 0 Å². The molecule has 13 nitrogen and oxygen atoms in total. The number of pyridine rings is 1. The van der Waals surface area contributed by atoms with E-state index < -0.39 is 17.8 Å². The smallest absolute Gasteiger partial charge is 0.407 e. The summed E-state index contributed by atoms with van der Waals surface area (Å²) in [5, 5.41) is 19.6. The van der Waals surface area contributed by atoms with Crippen LogP contribution >= 0.6 is 0 Å². The van der Waals surface area contributed by atoms with Gasteiger partial charge in [-0.1, -0.05) is 0 Å². The van der Waals surface area contributed by atoms with E-state index in [1.54, 1.807) is 0 Å². The van der Waals surface area contributed by atoms with Crippen molar-refractivity contribution in [2.75, 3.05) is 29.1 Å². The van der Waals surface area contributed by atoms with E-state index in [1.165, 1.54) is 29.9 Å². The van der Waals surface area contributed by atoms with E-state index in [9.17, 15) is 18.8 Å². The lowest BCUT2D eigenvalue weighted by molar-refractivity contribution is -0.119. The van der Waals surface area contributed by atoms with Crippen molar-refractivity contribution in [1.29, 1.82) is 0 Å². The molecular formula is C26H32FN9O4. The Bertz CT molecular complexity index is 1390. The SMILES string of the molecule is CC(=O)NCCOC(=O)NC1CCC(Nc2cc(NC3CC3)c3ncc(C(=O)Nc4ccncc4F)n3n2)CC1. The van der Waals surface area contributed by atoms with Crippen molar-refractivity contribution in [3.05, 3.63) is 42.2 Å². The number of anilines is 3. The van der Waals surface area contributed by atoms with Gasteiger partial charge < -0.3 is 31.3 Å². The van der Waals surface area contributed by atoms with E-state index in [1.807, 2.05) is 6.07 Å². The van der Waals surface area contributed by atoms with Crippen LogP contribution in [-0.2, 0) is 9.53 Å². The Balaban J connectivity index is 1.23. The predicted molar refractivity (Wildman–Crippen MR) is 145 cm³/mol. The summed E-state index contributed by atoms with van der Waals surface area (Å²) in [5.41, 5.74) is 1.44. The third-order valence-corrected chi connectivity index (χ3v) is 6.77. The van der Waals surface area contributed by atoms with E-state index in [0.29, 0.717) is 17.5 Å². The largest absolute Gasteiger partial charge is 0.448 e. The second-order valence-corrected chi connectivity index (χ2v) is 10.0. The molecular weight excluding hydrogens is 521 g/mol. The van der Waals surface area contributed by atoms with Gasteiger partial charge in [-0.15, -0.1) is 5.10 Å². The van der Waals surface area contributed by atoms with Gasteiger partial charge in [0.05, 0.1) is 30.3 Å². The van der Waals surface area contributed by atoms with Crippen LogP contribution in [0.5, 0.6) is 0 Å². The van der Waals surface area contributed by atoms with Crippen LogP contribution in [-0.4, -0.2) is 68.8 Å². The molecule has 2 aliphatic rings. The van der Waals surface area contributed by atoms with Crippen LogP contribution in [0.1, 0.15) is 55.9 Å². The maximum atomic E-state index is 14.1. The molecule has 14 heteroatoms. The van der Waals surface area contributed by atoms with Crippen LogP contribution in [0, 0.1) is 5.82 Å². The van der Waals surface area contributed by atoms with Crippen LogP contribution in [0.15, 0.2) is 30.7 Å². The fourth-order valence-electron chi connectivity index (χ4n) is 4.58. The first-order chi connectivity index (χ1) is 19.4. The Morgan fingerprint density at radius 1 is 1.02 bits per heavy atom. The van der Waals surface area contributed by atoms with Gasteiger partial charge in [0.1, 0.15) is 12.4 Å².